The van der Waals surface area contributed by atoms with Crippen LogP contribution >= 0.6 is 0 Å². The maximum absolute atomic E-state index is 13.8. The summed E-state index contributed by atoms with van der Waals surface area (Å²) in [6.45, 7) is 2.31. The first-order valence-corrected chi connectivity index (χ1v) is 11.2. The van der Waals surface area contributed by atoms with Gasteiger partial charge in [-0.15, -0.1) is 5.10 Å². The van der Waals surface area contributed by atoms with Gasteiger partial charge in [0.25, 0.3) is 0 Å². The third-order valence-corrected chi connectivity index (χ3v) is 5.67. The summed E-state index contributed by atoms with van der Waals surface area (Å²) in [6, 6.07) is 19.2. The zero-order valence-electron chi connectivity index (χ0n) is 19.5. The minimum atomic E-state index is -0.999. The summed E-state index contributed by atoms with van der Waals surface area (Å²) in [5.74, 6) is -1.22. The van der Waals surface area contributed by atoms with E-state index in [1.54, 1.807) is 13.2 Å². The molecule has 0 bridgehead atoms. The second-order valence-electron chi connectivity index (χ2n) is 8.02. The number of rotatable bonds is 9. The van der Waals surface area contributed by atoms with E-state index in [1.165, 1.54) is 33.8 Å². The van der Waals surface area contributed by atoms with E-state index in [4.69, 9.17) is 4.74 Å². The normalized spacial score (nSPS) is 11.9. The molecule has 0 aliphatic rings. The molecule has 0 saturated heterocycles. The first kappa shape index (κ1) is 24.0. The molecule has 0 saturated carbocycles. The Labute approximate surface area is 202 Å². The van der Waals surface area contributed by atoms with Crippen molar-refractivity contribution in [1.82, 2.24) is 20.3 Å². The summed E-state index contributed by atoms with van der Waals surface area (Å²) < 4.78 is 20.3. The molecule has 180 valence electrons. The first-order chi connectivity index (χ1) is 17.0. The molecule has 0 radical (unpaired) electrons. The van der Waals surface area contributed by atoms with E-state index >= 15 is 0 Å². The van der Waals surface area contributed by atoms with Gasteiger partial charge in [-0.2, -0.15) is 0 Å². The molecule has 1 atom stereocenters. The molecule has 3 aromatic carbocycles. The summed E-state index contributed by atoms with van der Waals surface area (Å²) in [6.07, 6.45) is 0. The molecule has 35 heavy (non-hydrogen) atoms. The summed E-state index contributed by atoms with van der Waals surface area (Å²) in [5.41, 5.74) is 3.23. The molecule has 4 rings (SSSR count). The molecule has 9 heteroatoms. The maximum Gasteiger partial charge on any atom is 0.249 e. The van der Waals surface area contributed by atoms with Crippen LogP contribution in [0.1, 0.15) is 17.2 Å². The van der Waals surface area contributed by atoms with Crippen LogP contribution < -0.4 is 10.2 Å². The van der Waals surface area contributed by atoms with Gasteiger partial charge in [-0.1, -0.05) is 41.6 Å². The average Bonchev–Trinajstić information content (AvgIpc) is 3.26. The van der Waals surface area contributed by atoms with E-state index in [9.17, 15) is 14.0 Å². The van der Waals surface area contributed by atoms with Crippen molar-refractivity contribution in [3.8, 4) is 0 Å². The number of nitrogens with zero attached hydrogens (tertiary/aromatic N) is 4. The Morgan fingerprint density at radius 1 is 1.06 bits per heavy atom. The van der Waals surface area contributed by atoms with Gasteiger partial charge in [0.2, 0.25) is 11.8 Å². The van der Waals surface area contributed by atoms with Crippen LogP contribution in [0.3, 0.4) is 0 Å². The summed E-state index contributed by atoms with van der Waals surface area (Å²) >= 11 is 0. The topological polar surface area (TPSA) is 89.4 Å². The van der Waals surface area contributed by atoms with Crippen LogP contribution in [0.2, 0.25) is 0 Å². The Kier molecular flexibility index (Phi) is 7.47. The number of carbonyl (C=O) groups is 2. The number of aromatic nitrogens is 3. The summed E-state index contributed by atoms with van der Waals surface area (Å²) in [4.78, 5) is 28.7. The minimum Gasteiger partial charge on any atom is -0.383 e. The average molecular weight is 476 g/mol. The number of aryl methyl sites for hydroxylation is 1. The lowest BCUT2D eigenvalue weighted by Gasteiger charge is -2.32. The predicted molar refractivity (Wildman–Crippen MR) is 130 cm³/mol. The van der Waals surface area contributed by atoms with Crippen molar-refractivity contribution in [2.24, 2.45) is 0 Å². The highest BCUT2D eigenvalue weighted by atomic mass is 19.1. The van der Waals surface area contributed by atoms with E-state index in [-0.39, 0.29) is 19.0 Å². The molecular weight excluding hydrogens is 449 g/mol. The van der Waals surface area contributed by atoms with E-state index < -0.39 is 17.8 Å². The molecule has 2 amide bonds. The lowest BCUT2D eigenvalue weighted by Crippen LogP contribution is -2.46. The van der Waals surface area contributed by atoms with Gasteiger partial charge in [0, 0.05) is 19.3 Å². The van der Waals surface area contributed by atoms with Gasteiger partial charge in [-0.25, -0.2) is 9.07 Å². The fourth-order valence-electron chi connectivity index (χ4n) is 3.94. The molecule has 1 aromatic heterocycles. The SMILES string of the molecule is COCCNC(=O)[C@@H](c1ccccc1C)N(C(=O)Cn1nnc2ccccc21)c1ccc(F)cc1. The van der Waals surface area contributed by atoms with Gasteiger partial charge in [-0.05, 0) is 54.4 Å². The van der Waals surface area contributed by atoms with Crippen LogP contribution in [-0.2, 0) is 20.9 Å². The monoisotopic (exact) mass is 475 g/mol. The van der Waals surface area contributed by atoms with E-state index in [1.807, 2.05) is 49.4 Å². The van der Waals surface area contributed by atoms with Crippen molar-refractivity contribution in [2.45, 2.75) is 19.5 Å². The maximum atomic E-state index is 13.8. The predicted octanol–water partition coefficient (Wildman–Crippen LogP) is 3.42. The minimum absolute atomic E-state index is 0.161. The Morgan fingerprint density at radius 3 is 2.51 bits per heavy atom. The number of benzene rings is 3. The second kappa shape index (κ2) is 10.9. The van der Waals surface area contributed by atoms with Crippen LogP contribution in [0.4, 0.5) is 10.1 Å². The molecule has 8 nitrogen and oxygen atoms in total. The van der Waals surface area contributed by atoms with Gasteiger partial charge in [0.05, 0.1) is 12.1 Å². The van der Waals surface area contributed by atoms with Crippen molar-refractivity contribution < 1.29 is 18.7 Å². The largest absolute Gasteiger partial charge is 0.383 e. The number of hydrogen-bond acceptors (Lipinski definition) is 5. The number of para-hydroxylation sites is 1. The van der Waals surface area contributed by atoms with E-state index in [0.717, 1.165) is 5.56 Å². The standard InChI is InChI=1S/C26H26FN5O3/c1-18-7-3-4-8-21(18)25(26(34)28-15-16-35-2)32(20-13-11-19(27)12-14-20)24(33)17-31-23-10-6-5-9-22(23)29-30-31/h3-14,25H,15-17H2,1-2H3,(H,28,34)/t25-/m1/s1. The van der Waals surface area contributed by atoms with Gasteiger partial charge < -0.3 is 10.1 Å². The number of fused-ring (bicyclic) bond motifs is 1. The lowest BCUT2D eigenvalue weighted by molar-refractivity contribution is -0.127. The van der Waals surface area contributed by atoms with Gasteiger partial charge >= 0.3 is 0 Å². The van der Waals surface area contributed by atoms with Crippen molar-refractivity contribution in [2.75, 3.05) is 25.2 Å². The fraction of sp³-hybridized carbons (Fsp3) is 0.231. The quantitative estimate of drug-likeness (QED) is 0.375. The number of nitrogens with one attached hydrogen (secondary N) is 1. The van der Waals surface area contributed by atoms with Gasteiger partial charge in [-0.3, -0.25) is 14.5 Å². The van der Waals surface area contributed by atoms with Crippen LogP contribution in [0.25, 0.3) is 11.0 Å². The van der Waals surface area contributed by atoms with Crippen LogP contribution in [-0.4, -0.2) is 47.1 Å². The second-order valence-corrected chi connectivity index (χ2v) is 8.02. The van der Waals surface area contributed by atoms with Crippen molar-refractivity contribution in [3.63, 3.8) is 0 Å². The first-order valence-electron chi connectivity index (χ1n) is 11.2. The lowest BCUT2D eigenvalue weighted by atomic mass is 9.98. The number of carbonyl (C=O) groups excluding carboxylic acids is 2. The third-order valence-electron chi connectivity index (χ3n) is 5.67. The molecule has 4 aromatic rings. The molecule has 0 unspecified atom stereocenters. The number of halogens is 1. The molecule has 0 aliphatic carbocycles. The van der Waals surface area contributed by atoms with Crippen molar-refractivity contribution in [3.05, 3.63) is 89.7 Å². The van der Waals surface area contributed by atoms with Crippen molar-refractivity contribution in [1.29, 1.82) is 0 Å². The summed E-state index contributed by atoms with van der Waals surface area (Å²) in [5, 5.41) is 11.1. The Bertz CT molecular complexity index is 1320. The Balaban J connectivity index is 1.78. The van der Waals surface area contributed by atoms with Gasteiger partial charge in [0.15, 0.2) is 0 Å². The third kappa shape index (κ3) is 5.36. The van der Waals surface area contributed by atoms with E-state index in [2.05, 4.69) is 15.6 Å². The van der Waals surface area contributed by atoms with Crippen molar-refractivity contribution >= 4 is 28.5 Å². The zero-order chi connectivity index (χ0) is 24.8. The Morgan fingerprint density at radius 2 is 1.77 bits per heavy atom. The molecule has 1 heterocycles. The molecular formula is C26H26FN5O3. The molecule has 0 spiro atoms. The Hall–Kier alpha value is -4.11. The highest BCUT2D eigenvalue weighted by Gasteiger charge is 2.34. The number of methoxy groups -OCH3 is 1. The zero-order valence-corrected chi connectivity index (χ0v) is 19.5. The number of anilines is 1. The summed E-state index contributed by atoms with van der Waals surface area (Å²) in [7, 11) is 1.54. The van der Waals surface area contributed by atoms with Gasteiger partial charge in [0.1, 0.15) is 23.9 Å². The molecule has 0 fully saturated rings. The number of ether oxygens (including phenoxy) is 1. The number of amides is 2. The number of hydrogen-bond donors (Lipinski definition) is 1. The highest BCUT2D eigenvalue weighted by Crippen LogP contribution is 2.30. The van der Waals surface area contributed by atoms with Crippen LogP contribution in [0.15, 0.2) is 72.8 Å². The van der Waals surface area contributed by atoms with Crippen LogP contribution in [0, 0.1) is 12.7 Å². The fourth-order valence-corrected chi connectivity index (χ4v) is 3.94. The highest BCUT2D eigenvalue weighted by molar-refractivity contribution is 6.01. The molecule has 1 N–H and O–H groups in total. The van der Waals surface area contributed by atoms with Crippen LogP contribution in [0.5, 0.6) is 0 Å². The smallest absolute Gasteiger partial charge is 0.249 e. The van der Waals surface area contributed by atoms with E-state index in [0.29, 0.717) is 28.9 Å². The molecule has 0 aliphatic heterocycles.